The summed E-state index contributed by atoms with van der Waals surface area (Å²) >= 11 is 16.0. The minimum atomic E-state index is -0.393. The number of likely N-dealkylation sites (tertiary alicyclic amines) is 1. The van der Waals surface area contributed by atoms with E-state index in [1.807, 2.05) is 26.0 Å². The molecule has 5 nitrogen and oxygen atoms in total. The summed E-state index contributed by atoms with van der Waals surface area (Å²) in [4.78, 5) is 43.9. The zero-order valence-electron chi connectivity index (χ0n) is 19.2. The lowest BCUT2D eigenvalue weighted by Crippen LogP contribution is -2.45. The summed E-state index contributed by atoms with van der Waals surface area (Å²) in [6, 6.07) is 8.39. The number of nitrogens with zero attached hydrogens (tertiary/aromatic N) is 2. The topological polar surface area (TPSA) is 57.7 Å². The van der Waals surface area contributed by atoms with Gasteiger partial charge in [-0.25, -0.2) is 0 Å². The highest BCUT2D eigenvalue weighted by molar-refractivity contribution is 9.10. The molecule has 3 fully saturated rings. The van der Waals surface area contributed by atoms with Crippen molar-refractivity contribution in [3.63, 3.8) is 0 Å². The Morgan fingerprint density at radius 1 is 1.00 bits per heavy atom. The molecule has 1 saturated heterocycles. The second-order valence-corrected chi connectivity index (χ2v) is 11.8. The van der Waals surface area contributed by atoms with Crippen LogP contribution in [0.5, 0.6) is 0 Å². The number of hydrogen-bond donors (Lipinski definition) is 0. The molecule has 8 heteroatoms. The Morgan fingerprint density at radius 3 is 2.23 bits per heavy atom. The monoisotopic (exact) mass is 572 g/mol. The van der Waals surface area contributed by atoms with E-state index in [4.69, 9.17) is 23.2 Å². The SMILES string of the molecule is Cc1c(Br)ccc(N(CN2C(=O)C3C4C=CC(C5CC45)C3C2=O)C(=O)c2ccc(Cl)cc2Cl)c1C. The maximum absolute atomic E-state index is 13.9. The molecule has 2 saturated carbocycles. The van der Waals surface area contributed by atoms with E-state index in [0.29, 0.717) is 22.5 Å². The smallest absolute Gasteiger partial charge is 0.261 e. The third-order valence-corrected chi connectivity index (χ3v) is 9.83. The summed E-state index contributed by atoms with van der Waals surface area (Å²) in [5.74, 6) is -0.0702. The van der Waals surface area contributed by atoms with E-state index in [1.165, 1.54) is 15.9 Å². The van der Waals surface area contributed by atoms with Gasteiger partial charge in [0.05, 0.1) is 22.4 Å². The quantitative estimate of drug-likeness (QED) is 0.331. The fourth-order valence-electron chi connectivity index (χ4n) is 6.42. The van der Waals surface area contributed by atoms with Gasteiger partial charge in [0.15, 0.2) is 0 Å². The molecule has 180 valence electrons. The van der Waals surface area contributed by atoms with Gasteiger partial charge in [0.25, 0.3) is 5.91 Å². The van der Waals surface area contributed by atoms with Crippen molar-refractivity contribution in [2.24, 2.45) is 35.5 Å². The summed E-state index contributed by atoms with van der Waals surface area (Å²) in [6.45, 7) is 3.72. The van der Waals surface area contributed by atoms with Crippen LogP contribution in [0.3, 0.4) is 0 Å². The van der Waals surface area contributed by atoms with Gasteiger partial charge in [-0.2, -0.15) is 0 Å². The van der Waals surface area contributed by atoms with Crippen molar-refractivity contribution in [1.82, 2.24) is 4.90 Å². The van der Waals surface area contributed by atoms with Gasteiger partial charge in [0, 0.05) is 15.2 Å². The summed E-state index contributed by atoms with van der Waals surface area (Å²) in [7, 11) is 0. The molecule has 0 aromatic heterocycles. The van der Waals surface area contributed by atoms with Crippen LogP contribution in [0.15, 0.2) is 47.0 Å². The number of imide groups is 1. The molecule has 0 N–H and O–H groups in total. The van der Waals surface area contributed by atoms with Gasteiger partial charge in [-0.3, -0.25) is 24.2 Å². The average Bonchev–Trinajstić information content (AvgIpc) is 3.61. The van der Waals surface area contributed by atoms with Gasteiger partial charge in [0.2, 0.25) is 11.8 Å². The highest BCUT2D eigenvalue weighted by Gasteiger charge is 2.67. The van der Waals surface area contributed by atoms with Crippen LogP contribution in [0, 0.1) is 49.4 Å². The molecule has 6 unspecified atom stereocenters. The number of benzene rings is 2. The van der Waals surface area contributed by atoms with Crippen molar-refractivity contribution in [2.45, 2.75) is 20.3 Å². The Balaban J connectivity index is 1.39. The molecule has 4 aliphatic carbocycles. The van der Waals surface area contributed by atoms with Gasteiger partial charge in [0.1, 0.15) is 6.67 Å². The van der Waals surface area contributed by atoms with Crippen molar-refractivity contribution in [1.29, 1.82) is 0 Å². The normalized spacial score (nSPS) is 29.9. The van der Waals surface area contributed by atoms with Crippen LogP contribution in [-0.2, 0) is 9.59 Å². The van der Waals surface area contributed by atoms with Gasteiger partial charge in [-0.1, -0.05) is 51.3 Å². The van der Waals surface area contributed by atoms with Crippen LogP contribution in [0.4, 0.5) is 5.69 Å². The van der Waals surface area contributed by atoms with Crippen LogP contribution < -0.4 is 4.90 Å². The molecule has 2 bridgehead atoms. The maximum Gasteiger partial charge on any atom is 0.261 e. The van der Waals surface area contributed by atoms with Gasteiger partial charge in [-0.05, 0) is 85.4 Å². The van der Waals surface area contributed by atoms with E-state index in [2.05, 4.69) is 28.1 Å². The first-order chi connectivity index (χ1) is 16.7. The summed E-state index contributed by atoms with van der Waals surface area (Å²) < 4.78 is 0.914. The third kappa shape index (κ3) is 3.44. The summed E-state index contributed by atoms with van der Waals surface area (Å²) in [6.07, 6.45) is 5.40. The highest BCUT2D eigenvalue weighted by Crippen LogP contribution is 2.65. The largest absolute Gasteiger partial charge is 0.289 e. The van der Waals surface area contributed by atoms with E-state index in [1.54, 1.807) is 12.1 Å². The fourth-order valence-corrected chi connectivity index (χ4v) is 7.34. The molecular formula is C27H23BrCl2N2O3. The predicted molar refractivity (Wildman–Crippen MR) is 138 cm³/mol. The second-order valence-electron chi connectivity index (χ2n) is 10.1. The van der Waals surface area contributed by atoms with E-state index in [0.717, 1.165) is 22.0 Å². The van der Waals surface area contributed by atoms with Gasteiger partial charge >= 0.3 is 0 Å². The number of halogens is 3. The Labute approximate surface area is 222 Å². The number of hydrogen-bond acceptors (Lipinski definition) is 3. The number of carbonyl (C=O) groups excluding carboxylic acids is 3. The first-order valence-corrected chi connectivity index (χ1v) is 13.3. The zero-order chi connectivity index (χ0) is 24.8. The molecule has 35 heavy (non-hydrogen) atoms. The van der Waals surface area contributed by atoms with E-state index >= 15 is 0 Å². The first-order valence-electron chi connectivity index (χ1n) is 11.7. The second kappa shape index (κ2) is 8.19. The molecule has 0 spiro atoms. The highest BCUT2D eigenvalue weighted by atomic mass is 79.9. The maximum atomic E-state index is 13.9. The molecule has 1 aliphatic heterocycles. The zero-order valence-corrected chi connectivity index (χ0v) is 22.3. The molecule has 1 heterocycles. The molecule has 5 aliphatic rings. The molecule has 2 aromatic carbocycles. The minimum absolute atomic E-state index is 0.128. The van der Waals surface area contributed by atoms with Crippen LogP contribution in [0.1, 0.15) is 27.9 Å². The lowest BCUT2D eigenvalue weighted by molar-refractivity contribution is -0.140. The third-order valence-electron chi connectivity index (χ3n) is 8.43. The van der Waals surface area contributed by atoms with Crippen molar-refractivity contribution in [2.75, 3.05) is 11.6 Å². The molecule has 0 radical (unpaired) electrons. The van der Waals surface area contributed by atoms with Crippen LogP contribution >= 0.6 is 39.1 Å². The summed E-state index contributed by atoms with van der Waals surface area (Å²) in [5, 5.41) is 0.637. The molecule has 3 amide bonds. The van der Waals surface area contributed by atoms with Crippen molar-refractivity contribution < 1.29 is 14.4 Å². The van der Waals surface area contributed by atoms with E-state index < -0.39 is 5.91 Å². The van der Waals surface area contributed by atoms with Crippen LogP contribution in [0.2, 0.25) is 10.0 Å². The number of rotatable bonds is 4. The molecule has 7 rings (SSSR count). The molecule has 2 aromatic rings. The van der Waals surface area contributed by atoms with Crippen LogP contribution in [0.25, 0.3) is 0 Å². The van der Waals surface area contributed by atoms with Crippen molar-refractivity contribution in [3.8, 4) is 0 Å². The number of amides is 3. The van der Waals surface area contributed by atoms with E-state index in [-0.39, 0.29) is 52.7 Å². The molecule has 6 atom stereocenters. The van der Waals surface area contributed by atoms with E-state index in [9.17, 15) is 14.4 Å². The number of allylic oxidation sites excluding steroid dienone is 2. The number of anilines is 1. The predicted octanol–water partition coefficient (Wildman–Crippen LogP) is 6.03. The van der Waals surface area contributed by atoms with Gasteiger partial charge < -0.3 is 0 Å². The summed E-state index contributed by atoms with van der Waals surface area (Å²) in [5.41, 5.74) is 2.73. The Hall–Kier alpha value is -2.15. The van der Waals surface area contributed by atoms with Crippen LogP contribution in [-0.4, -0.2) is 29.3 Å². The molecular weight excluding hydrogens is 551 g/mol. The first kappa shape index (κ1) is 23.3. The van der Waals surface area contributed by atoms with Gasteiger partial charge in [-0.15, -0.1) is 0 Å². The lowest BCUT2D eigenvalue weighted by Gasteiger charge is -2.37. The Kier molecular flexibility index (Phi) is 5.44. The lowest BCUT2D eigenvalue weighted by atomic mass is 9.63. The Morgan fingerprint density at radius 2 is 1.63 bits per heavy atom. The Bertz CT molecular complexity index is 1310. The fraction of sp³-hybridized carbons (Fsp3) is 0.370. The van der Waals surface area contributed by atoms with Crippen molar-refractivity contribution >= 4 is 62.5 Å². The number of carbonyl (C=O) groups is 3. The van der Waals surface area contributed by atoms with Crippen molar-refractivity contribution in [3.05, 3.63) is 73.7 Å². The standard InChI is InChI=1S/C27H23BrCl2N2O3/c1-12-13(2)22(8-7-20(12)28)31(25(33)17-4-3-14(29)9-21(17)30)11-32-26(34)23-15-5-6-16(19-10-18(15)19)24(23)27(32)35/h3-9,15-16,18-19,23-24H,10-11H2,1-2H3. The average molecular weight is 574 g/mol. The minimum Gasteiger partial charge on any atom is -0.289 e.